The smallest absolute Gasteiger partial charge is 0.320 e. The lowest BCUT2D eigenvalue weighted by Crippen LogP contribution is -2.37. The molecule has 0 aromatic carbocycles. The molecule has 2 aromatic rings. The van der Waals surface area contributed by atoms with Crippen molar-refractivity contribution < 1.29 is 18.8 Å². The third-order valence-electron chi connectivity index (χ3n) is 2.86. The number of carboxylic acids is 1. The van der Waals surface area contributed by atoms with E-state index in [1.807, 2.05) is 13.8 Å². The summed E-state index contributed by atoms with van der Waals surface area (Å²) < 4.78 is 10.4. The van der Waals surface area contributed by atoms with E-state index in [0.717, 1.165) is 0 Å². The topological polar surface area (TPSA) is 88.5 Å². The lowest BCUT2D eigenvalue weighted by Gasteiger charge is -2.15. The standard InChI is InChI=1S/C14H18N2O4/c1-9(2)6-11(14(17)18)15-8-10-7-13(20-16-10)12-4-3-5-19-12/h3-5,7,9,11,15H,6,8H2,1-2H3,(H,17,18). The molecule has 2 heterocycles. The van der Waals surface area contributed by atoms with Crippen LogP contribution in [0.15, 0.2) is 33.4 Å². The van der Waals surface area contributed by atoms with Crippen molar-refractivity contribution in [3.8, 4) is 11.5 Å². The Hall–Kier alpha value is -2.08. The average Bonchev–Trinajstić information content (AvgIpc) is 3.03. The minimum absolute atomic E-state index is 0.305. The van der Waals surface area contributed by atoms with Gasteiger partial charge >= 0.3 is 5.97 Å². The molecule has 20 heavy (non-hydrogen) atoms. The molecule has 0 amide bonds. The summed E-state index contributed by atoms with van der Waals surface area (Å²) in [4.78, 5) is 11.1. The van der Waals surface area contributed by atoms with Crippen LogP contribution in [0, 0.1) is 5.92 Å². The Morgan fingerprint density at radius 1 is 1.45 bits per heavy atom. The largest absolute Gasteiger partial charge is 0.480 e. The number of nitrogens with one attached hydrogen (secondary N) is 1. The van der Waals surface area contributed by atoms with Crippen LogP contribution in [-0.4, -0.2) is 22.3 Å². The zero-order valence-electron chi connectivity index (χ0n) is 11.5. The van der Waals surface area contributed by atoms with Crippen molar-refractivity contribution in [3.63, 3.8) is 0 Å². The van der Waals surface area contributed by atoms with Gasteiger partial charge in [0.05, 0.1) is 12.0 Å². The van der Waals surface area contributed by atoms with Crippen LogP contribution in [0.4, 0.5) is 0 Å². The van der Waals surface area contributed by atoms with E-state index in [2.05, 4.69) is 10.5 Å². The number of aromatic nitrogens is 1. The summed E-state index contributed by atoms with van der Waals surface area (Å²) in [6.45, 7) is 4.32. The lowest BCUT2D eigenvalue weighted by atomic mass is 10.0. The molecular formula is C14H18N2O4. The summed E-state index contributed by atoms with van der Waals surface area (Å²) in [6, 6.07) is 4.69. The first-order chi connectivity index (χ1) is 9.56. The fourth-order valence-electron chi connectivity index (χ4n) is 1.90. The first kappa shape index (κ1) is 14.3. The van der Waals surface area contributed by atoms with Gasteiger partial charge in [0.15, 0.2) is 5.76 Å². The quantitative estimate of drug-likeness (QED) is 0.809. The number of hydrogen-bond acceptors (Lipinski definition) is 5. The molecule has 1 unspecified atom stereocenters. The first-order valence-corrected chi connectivity index (χ1v) is 6.52. The zero-order valence-corrected chi connectivity index (χ0v) is 11.5. The molecule has 2 aromatic heterocycles. The average molecular weight is 278 g/mol. The Kier molecular flexibility index (Phi) is 4.57. The molecule has 108 valence electrons. The second kappa shape index (κ2) is 6.38. The van der Waals surface area contributed by atoms with Crippen LogP contribution in [0.1, 0.15) is 26.0 Å². The highest BCUT2D eigenvalue weighted by molar-refractivity contribution is 5.73. The van der Waals surface area contributed by atoms with Gasteiger partial charge in [0, 0.05) is 12.6 Å². The van der Waals surface area contributed by atoms with Crippen molar-refractivity contribution in [2.75, 3.05) is 0 Å². The molecule has 0 radical (unpaired) electrons. The molecule has 2 N–H and O–H groups in total. The van der Waals surface area contributed by atoms with E-state index in [9.17, 15) is 4.79 Å². The number of aliphatic carboxylic acids is 1. The number of hydrogen-bond donors (Lipinski definition) is 2. The molecule has 6 nitrogen and oxygen atoms in total. The number of carboxylic acid groups (broad SMARTS) is 1. The molecule has 0 bridgehead atoms. The van der Waals surface area contributed by atoms with Crippen LogP contribution in [-0.2, 0) is 11.3 Å². The van der Waals surface area contributed by atoms with Crippen LogP contribution in [0.2, 0.25) is 0 Å². The van der Waals surface area contributed by atoms with Crippen LogP contribution in [0.3, 0.4) is 0 Å². The van der Waals surface area contributed by atoms with Crippen molar-refractivity contribution in [2.45, 2.75) is 32.9 Å². The van der Waals surface area contributed by atoms with Gasteiger partial charge in [0.1, 0.15) is 6.04 Å². The van der Waals surface area contributed by atoms with Gasteiger partial charge in [-0.2, -0.15) is 0 Å². The molecule has 2 rings (SSSR count). The zero-order chi connectivity index (χ0) is 14.5. The molecular weight excluding hydrogens is 260 g/mol. The molecule has 1 atom stereocenters. The van der Waals surface area contributed by atoms with Gasteiger partial charge in [-0.05, 0) is 24.5 Å². The van der Waals surface area contributed by atoms with E-state index >= 15 is 0 Å². The minimum Gasteiger partial charge on any atom is -0.480 e. The Labute approximate surface area is 116 Å². The van der Waals surface area contributed by atoms with Crippen molar-refractivity contribution in [1.29, 1.82) is 0 Å². The molecule has 0 saturated carbocycles. The Bertz CT molecular complexity index is 545. The van der Waals surface area contributed by atoms with Gasteiger partial charge in [-0.3, -0.25) is 10.1 Å². The fourth-order valence-corrected chi connectivity index (χ4v) is 1.90. The predicted molar refractivity (Wildman–Crippen MR) is 71.9 cm³/mol. The number of rotatable bonds is 7. The van der Waals surface area contributed by atoms with E-state index < -0.39 is 12.0 Å². The molecule has 0 aliphatic heterocycles. The SMILES string of the molecule is CC(C)CC(NCc1cc(-c2ccco2)on1)C(=O)O. The van der Waals surface area contributed by atoms with Gasteiger partial charge < -0.3 is 14.0 Å². The highest BCUT2D eigenvalue weighted by atomic mass is 16.5. The summed E-state index contributed by atoms with van der Waals surface area (Å²) in [7, 11) is 0. The summed E-state index contributed by atoms with van der Waals surface area (Å²) in [5.74, 6) is 0.580. The molecule has 0 spiro atoms. The third kappa shape index (κ3) is 3.71. The minimum atomic E-state index is -0.853. The first-order valence-electron chi connectivity index (χ1n) is 6.52. The summed E-state index contributed by atoms with van der Waals surface area (Å²) in [5.41, 5.74) is 0.645. The van der Waals surface area contributed by atoms with Gasteiger partial charge in [0.25, 0.3) is 0 Å². The second-order valence-corrected chi connectivity index (χ2v) is 5.06. The number of furan rings is 1. The van der Waals surface area contributed by atoms with Crippen molar-refractivity contribution in [3.05, 3.63) is 30.2 Å². The van der Waals surface area contributed by atoms with E-state index in [-0.39, 0.29) is 0 Å². The monoisotopic (exact) mass is 278 g/mol. The van der Waals surface area contributed by atoms with E-state index in [1.165, 1.54) is 0 Å². The molecule has 0 aliphatic rings. The molecule has 0 fully saturated rings. The van der Waals surface area contributed by atoms with E-state index in [0.29, 0.717) is 36.1 Å². The second-order valence-electron chi connectivity index (χ2n) is 5.06. The maximum Gasteiger partial charge on any atom is 0.320 e. The molecule has 0 saturated heterocycles. The van der Waals surface area contributed by atoms with Gasteiger partial charge in [-0.1, -0.05) is 19.0 Å². The van der Waals surface area contributed by atoms with Crippen LogP contribution < -0.4 is 5.32 Å². The normalized spacial score (nSPS) is 12.8. The van der Waals surface area contributed by atoms with Gasteiger partial charge in [-0.15, -0.1) is 0 Å². The molecule has 0 aliphatic carbocycles. The summed E-state index contributed by atoms with van der Waals surface area (Å²) in [5, 5.41) is 16.0. The summed E-state index contributed by atoms with van der Waals surface area (Å²) in [6.07, 6.45) is 2.12. The Morgan fingerprint density at radius 3 is 2.85 bits per heavy atom. The lowest BCUT2D eigenvalue weighted by molar-refractivity contribution is -0.140. The highest BCUT2D eigenvalue weighted by Gasteiger charge is 2.19. The number of nitrogens with zero attached hydrogens (tertiary/aromatic N) is 1. The maximum atomic E-state index is 11.1. The van der Waals surface area contributed by atoms with Crippen molar-refractivity contribution in [1.82, 2.24) is 10.5 Å². The number of carbonyl (C=O) groups is 1. The fraction of sp³-hybridized carbons (Fsp3) is 0.429. The Morgan fingerprint density at radius 2 is 2.25 bits per heavy atom. The van der Waals surface area contributed by atoms with Crippen molar-refractivity contribution >= 4 is 5.97 Å². The molecule has 6 heteroatoms. The maximum absolute atomic E-state index is 11.1. The van der Waals surface area contributed by atoms with Gasteiger partial charge in [-0.25, -0.2) is 0 Å². The Balaban J connectivity index is 1.95. The summed E-state index contributed by atoms with van der Waals surface area (Å²) >= 11 is 0. The highest BCUT2D eigenvalue weighted by Crippen LogP contribution is 2.20. The van der Waals surface area contributed by atoms with Gasteiger partial charge in [0.2, 0.25) is 5.76 Å². The predicted octanol–water partition coefficient (Wildman–Crippen LogP) is 2.52. The van der Waals surface area contributed by atoms with Crippen molar-refractivity contribution in [2.24, 2.45) is 5.92 Å². The van der Waals surface area contributed by atoms with Crippen LogP contribution in [0.25, 0.3) is 11.5 Å². The van der Waals surface area contributed by atoms with E-state index in [4.69, 9.17) is 14.0 Å². The van der Waals surface area contributed by atoms with E-state index in [1.54, 1.807) is 24.5 Å². The third-order valence-corrected chi connectivity index (χ3v) is 2.86. The van der Waals surface area contributed by atoms with Crippen LogP contribution in [0.5, 0.6) is 0 Å². The van der Waals surface area contributed by atoms with Crippen LogP contribution >= 0.6 is 0 Å².